The van der Waals surface area contributed by atoms with Crippen molar-refractivity contribution in [3.05, 3.63) is 36.1 Å². The number of amides is 1. The second-order valence-corrected chi connectivity index (χ2v) is 6.34. The number of rotatable bonds is 4. The molecule has 1 saturated carbocycles. The zero-order valence-corrected chi connectivity index (χ0v) is 13.3. The Morgan fingerprint density at radius 3 is 2.91 bits per heavy atom. The van der Waals surface area contributed by atoms with Gasteiger partial charge in [0, 0.05) is 18.4 Å². The van der Waals surface area contributed by atoms with E-state index in [-0.39, 0.29) is 17.9 Å². The highest BCUT2D eigenvalue weighted by Crippen LogP contribution is 2.34. The molecule has 0 radical (unpaired) electrons. The van der Waals surface area contributed by atoms with Gasteiger partial charge in [0.25, 0.3) is 0 Å². The molecule has 4 heteroatoms. The van der Waals surface area contributed by atoms with Gasteiger partial charge in [-0.3, -0.25) is 4.79 Å². The molecule has 2 N–H and O–H groups in total. The van der Waals surface area contributed by atoms with Crippen LogP contribution < -0.4 is 5.73 Å². The molecule has 1 aliphatic rings. The van der Waals surface area contributed by atoms with E-state index >= 15 is 0 Å². The van der Waals surface area contributed by atoms with Gasteiger partial charge in [0.15, 0.2) is 0 Å². The first-order valence-electron chi connectivity index (χ1n) is 8.07. The topological polar surface area (TPSA) is 59.5 Å². The van der Waals surface area contributed by atoms with Gasteiger partial charge in [0.2, 0.25) is 5.91 Å². The first kappa shape index (κ1) is 15.1. The Morgan fingerprint density at radius 2 is 2.18 bits per heavy atom. The van der Waals surface area contributed by atoms with Crippen LogP contribution in [0.3, 0.4) is 0 Å². The van der Waals surface area contributed by atoms with Gasteiger partial charge < -0.3 is 15.1 Å². The SMILES string of the molecule is CC(c1cc2ccccc2o1)N(C)C(=O)[C@@H]1CCC[C@@H]1CN. The largest absolute Gasteiger partial charge is 0.459 e. The molecular formula is C18H24N2O2. The second kappa shape index (κ2) is 6.13. The molecule has 1 aliphatic carbocycles. The Hall–Kier alpha value is -1.81. The van der Waals surface area contributed by atoms with Gasteiger partial charge in [-0.1, -0.05) is 24.6 Å². The number of fused-ring (bicyclic) bond motifs is 1. The quantitative estimate of drug-likeness (QED) is 0.942. The molecule has 22 heavy (non-hydrogen) atoms. The van der Waals surface area contributed by atoms with Crippen molar-refractivity contribution in [3.63, 3.8) is 0 Å². The summed E-state index contributed by atoms with van der Waals surface area (Å²) in [5.74, 6) is 1.43. The first-order chi connectivity index (χ1) is 10.6. The maximum absolute atomic E-state index is 12.8. The van der Waals surface area contributed by atoms with Crippen LogP contribution in [0.4, 0.5) is 0 Å². The summed E-state index contributed by atoms with van der Waals surface area (Å²) in [7, 11) is 1.87. The second-order valence-electron chi connectivity index (χ2n) is 6.34. The van der Waals surface area contributed by atoms with Crippen molar-refractivity contribution in [2.45, 2.75) is 32.2 Å². The zero-order valence-electron chi connectivity index (χ0n) is 13.3. The number of hydrogen-bond donors (Lipinski definition) is 1. The molecule has 0 aliphatic heterocycles. The monoisotopic (exact) mass is 300 g/mol. The molecule has 1 fully saturated rings. The number of carbonyl (C=O) groups excluding carboxylic acids is 1. The molecule has 1 aromatic carbocycles. The number of hydrogen-bond acceptors (Lipinski definition) is 3. The Balaban J connectivity index is 1.78. The van der Waals surface area contributed by atoms with E-state index in [9.17, 15) is 4.79 Å². The van der Waals surface area contributed by atoms with E-state index in [0.717, 1.165) is 36.0 Å². The molecule has 1 aromatic heterocycles. The predicted octanol–water partition coefficient (Wildman–Crippen LogP) is 3.33. The minimum absolute atomic E-state index is 0.0704. The van der Waals surface area contributed by atoms with Crippen molar-refractivity contribution in [1.29, 1.82) is 0 Å². The van der Waals surface area contributed by atoms with Crippen LogP contribution in [0.2, 0.25) is 0 Å². The van der Waals surface area contributed by atoms with Crippen molar-refractivity contribution >= 4 is 16.9 Å². The van der Waals surface area contributed by atoms with E-state index in [0.29, 0.717) is 12.5 Å². The van der Waals surface area contributed by atoms with Crippen LogP contribution in [0.1, 0.15) is 38.0 Å². The summed E-state index contributed by atoms with van der Waals surface area (Å²) in [6.07, 6.45) is 3.13. The Morgan fingerprint density at radius 1 is 1.41 bits per heavy atom. The highest BCUT2D eigenvalue weighted by molar-refractivity contribution is 5.80. The molecule has 1 heterocycles. The molecule has 0 bridgehead atoms. The van der Waals surface area contributed by atoms with E-state index in [2.05, 4.69) is 0 Å². The van der Waals surface area contributed by atoms with Crippen LogP contribution in [0.15, 0.2) is 34.7 Å². The highest BCUT2D eigenvalue weighted by Gasteiger charge is 2.35. The Kier molecular flexibility index (Phi) is 4.21. The van der Waals surface area contributed by atoms with E-state index < -0.39 is 0 Å². The molecule has 3 rings (SSSR count). The van der Waals surface area contributed by atoms with Crippen molar-refractivity contribution in [1.82, 2.24) is 4.90 Å². The smallest absolute Gasteiger partial charge is 0.226 e. The summed E-state index contributed by atoms with van der Waals surface area (Å²) < 4.78 is 5.90. The van der Waals surface area contributed by atoms with E-state index in [1.165, 1.54) is 0 Å². The Bertz CT molecular complexity index is 631. The van der Waals surface area contributed by atoms with E-state index in [1.807, 2.05) is 49.2 Å². The molecule has 1 unspecified atom stereocenters. The normalized spacial score (nSPS) is 22.9. The maximum atomic E-state index is 12.8. The number of carbonyl (C=O) groups is 1. The average molecular weight is 300 g/mol. The lowest BCUT2D eigenvalue weighted by Crippen LogP contribution is -2.37. The summed E-state index contributed by atoms with van der Waals surface area (Å²) in [6, 6.07) is 9.88. The minimum atomic E-state index is -0.0704. The lowest BCUT2D eigenvalue weighted by Gasteiger charge is -2.28. The molecule has 1 amide bonds. The summed E-state index contributed by atoms with van der Waals surface area (Å²) in [4.78, 5) is 14.6. The number of benzene rings is 1. The van der Waals surface area contributed by atoms with Gasteiger partial charge in [-0.15, -0.1) is 0 Å². The summed E-state index contributed by atoms with van der Waals surface area (Å²) >= 11 is 0. The van der Waals surface area contributed by atoms with Crippen molar-refractivity contribution < 1.29 is 9.21 Å². The number of para-hydroxylation sites is 1. The fourth-order valence-electron chi connectivity index (χ4n) is 3.50. The van der Waals surface area contributed by atoms with Crippen molar-refractivity contribution in [3.8, 4) is 0 Å². The van der Waals surface area contributed by atoms with E-state index in [1.54, 1.807) is 0 Å². The number of furan rings is 1. The highest BCUT2D eigenvalue weighted by atomic mass is 16.3. The minimum Gasteiger partial charge on any atom is -0.459 e. The third kappa shape index (κ3) is 2.63. The van der Waals surface area contributed by atoms with Gasteiger partial charge in [-0.25, -0.2) is 0 Å². The zero-order chi connectivity index (χ0) is 15.7. The predicted molar refractivity (Wildman–Crippen MR) is 87.3 cm³/mol. The van der Waals surface area contributed by atoms with Crippen LogP contribution >= 0.6 is 0 Å². The van der Waals surface area contributed by atoms with Crippen molar-refractivity contribution in [2.24, 2.45) is 17.6 Å². The molecule has 0 saturated heterocycles. The average Bonchev–Trinajstić information content (AvgIpc) is 3.18. The fourth-order valence-corrected chi connectivity index (χ4v) is 3.50. The summed E-state index contributed by atoms with van der Waals surface area (Å²) in [6.45, 7) is 2.62. The van der Waals surface area contributed by atoms with Crippen LogP contribution in [-0.2, 0) is 4.79 Å². The van der Waals surface area contributed by atoms with Gasteiger partial charge in [0.1, 0.15) is 11.3 Å². The molecule has 118 valence electrons. The van der Waals surface area contributed by atoms with E-state index in [4.69, 9.17) is 10.2 Å². The third-order valence-electron chi connectivity index (χ3n) is 5.06. The lowest BCUT2D eigenvalue weighted by atomic mass is 9.94. The summed E-state index contributed by atoms with van der Waals surface area (Å²) in [5.41, 5.74) is 6.68. The Labute approximate surface area is 131 Å². The molecule has 3 atom stereocenters. The van der Waals surface area contributed by atoms with Crippen LogP contribution in [-0.4, -0.2) is 24.4 Å². The maximum Gasteiger partial charge on any atom is 0.226 e. The molecule has 0 spiro atoms. The van der Waals surface area contributed by atoms with Crippen LogP contribution in [0.5, 0.6) is 0 Å². The fraction of sp³-hybridized carbons (Fsp3) is 0.500. The number of nitrogens with zero attached hydrogens (tertiary/aromatic N) is 1. The molecular weight excluding hydrogens is 276 g/mol. The van der Waals surface area contributed by atoms with Gasteiger partial charge in [-0.2, -0.15) is 0 Å². The van der Waals surface area contributed by atoms with Crippen LogP contribution in [0.25, 0.3) is 11.0 Å². The third-order valence-corrected chi connectivity index (χ3v) is 5.06. The standard InChI is InChI=1S/C18H24N2O2/c1-12(17-10-13-6-3-4-9-16(13)22-17)20(2)18(21)15-8-5-7-14(15)11-19/h3-4,6,9-10,12,14-15H,5,7-8,11,19H2,1-2H3/t12?,14-,15-/m1/s1. The molecule has 2 aromatic rings. The number of nitrogens with two attached hydrogens (primary N) is 1. The first-order valence-corrected chi connectivity index (χ1v) is 8.07. The van der Waals surface area contributed by atoms with Gasteiger partial charge >= 0.3 is 0 Å². The van der Waals surface area contributed by atoms with Crippen LogP contribution in [0, 0.1) is 11.8 Å². The van der Waals surface area contributed by atoms with Gasteiger partial charge in [0.05, 0.1) is 6.04 Å². The molecule has 4 nitrogen and oxygen atoms in total. The summed E-state index contributed by atoms with van der Waals surface area (Å²) in [5, 5.41) is 1.07. The van der Waals surface area contributed by atoms with Crippen molar-refractivity contribution in [2.75, 3.05) is 13.6 Å². The lowest BCUT2D eigenvalue weighted by molar-refractivity contribution is -0.137. The van der Waals surface area contributed by atoms with Gasteiger partial charge in [-0.05, 0) is 44.4 Å².